The highest BCUT2D eigenvalue weighted by Crippen LogP contribution is 2.41. The number of thiophene rings is 1. The van der Waals surface area contributed by atoms with Crippen molar-refractivity contribution in [3.05, 3.63) is 66.7 Å². The Morgan fingerprint density at radius 1 is 0.679 bits per heavy atom. The molecule has 1 saturated heterocycles. The molecule has 0 atom stereocenters. The van der Waals surface area contributed by atoms with Gasteiger partial charge in [-0.15, -0.1) is 11.3 Å². The highest BCUT2D eigenvalue weighted by atomic mass is 32.1. The molecule has 4 heteroatoms. The van der Waals surface area contributed by atoms with Crippen LogP contribution in [0.3, 0.4) is 0 Å². The summed E-state index contributed by atoms with van der Waals surface area (Å²) in [5, 5.41) is 2.56. The van der Waals surface area contributed by atoms with Crippen molar-refractivity contribution in [2.75, 3.05) is 0 Å². The molecule has 0 aliphatic carbocycles. The zero-order valence-electron chi connectivity index (χ0n) is 16.7. The van der Waals surface area contributed by atoms with Gasteiger partial charge in [-0.3, -0.25) is 0 Å². The first-order valence-corrected chi connectivity index (χ1v) is 10.5. The van der Waals surface area contributed by atoms with Crippen LogP contribution in [0.2, 0.25) is 0 Å². The summed E-state index contributed by atoms with van der Waals surface area (Å²) < 4.78 is 15.3. The number of hydrogen-bond acceptors (Lipinski definition) is 3. The second kappa shape index (κ2) is 6.18. The van der Waals surface area contributed by atoms with Crippen molar-refractivity contribution < 1.29 is 9.31 Å². The molecular weight excluding hydrogens is 363 g/mol. The van der Waals surface area contributed by atoms with Gasteiger partial charge in [-0.05, 0) is 44.2 Å². The lowest BCUT2D eigenvalue weighted by Gasteiger charge is -2.32. The van der Waals surface area contributed by atoms with Gasteiger partial charge in [0.05, 0.1) is 11.2 Å². The molecule has 28 heavy (non-hydrogen) atoms. The maximum atomic E-state index is 6.35. The normalized spacial score (nSPS) is 18.2. The largest absolute Gasteiger partial charge is 0.496 e. The minimum Gasteiger partial charge on any atom is -0.399 e. The lowest BCUT2D eigenvalue weighted by Crippen LogP contribution is -2.41. The van der Waals surface area contributed by atoms with E-state index in [1.807, 2.05) is 11.3 Å². The summed E-state index contributed by atoms with van der Waals surface area (Å²) in [5.41, 5.74) is 2.96. The van der Waals surface area contributed by atoms with Crippen LogP contribution in [0.4, 0.5) is 0 Å². The Hall–Kier alpha value is -2.14. The summed E-state index contributed by atoms with van der Waals surface area (Å²) in [6.07, 6.45) is 0. The summed E-state index contributed by atoms with van der Waals surface area (Å²) in [4.78, 5) is 0. The number of benzene rings is 3. The van der Waals surface area contributed by atoms with Gasteiger partial charge in [-0.2, -0.15) is 0 Å². The monoisotopic (exact) mass is 386 g/mol. The Morgan fingerprint density at radius 2 is 1.29 bits per heavy atom. The Kier molecular flexibility index (Phi) is 3.96. The second-order valence-corrected chi connectivity index (χ2v) is 9.48. The molecule has 2 nitrogen and oxygen atoms in total. The van der Waals surface area contributed by atoms with E-state index in [4.69, 9.17) is 9.31 Å². The van der Waals surface area contributed by atoms with Crippen LogP contribution < -0.4 is 5.46 Å². The molecule has 0 unspecified atom stereocenters. The second-order valence-electron chi connectivity index (χ2n) is 8.46. The Balaban J connectivity index is 1.72. The van der Waals surface area contributed by atoms with E-state index in [-0.39, 0.29) is 18.3 Å². The van der Waals surface area contributed by atoms with Gasteiger partial charge in [0.25, 0.3) is 0 Å². The summed E-state index contributed by atoms with van der Waals surface area (Å²) in [6, 6.07) is 23.6. The topological polar surface area (TPSA) is 18.5 Å². The van der Waals surface area contributed by atoms with E-state index in [1.165, 1.54) is 31.3 Å². The van der Waals surface area contributed by atoms with Crippen LogP contribution in [0.1, 0.15) is 27.7 Å². The van der Waals surface area contributed by atoms with Crippen molar-refractivity contribution >= 4 is 44.1 Å². The molecule has 4 aromatic rings. The van der Waals surface area contributed by atoms with Crippen LogP contribution in [-0.4, -0.2) is 18.3 Å². The van der Waals surface area contributed by atoms with Crippen molar-refractivity contribution in [2.24, 2.45) is 0 Å². The average molecular weight is 386 g/mol. The predicted molar refractivity (Wildman–Crippen MR) is 120 cm³/mol. The fraction of sp³-hybridized carbons (Fsp3) is 0.250. The van der Waals surface area contributed by atoms with Gasteiger partial charge in [-0.1, -0.05) is 66.7 Å². The van der Waals surface area contributed by atoms with Crippen LogP contribution in [0.25, 0.3) is 31.3 Å². The van der Waals surface area contributed by atoms with E-state index in [2.05, 4.69) is 94.4 Å². The lowest BCUT2D eigenvalue weighted by atomic mass is 9.78. The minimum atomic E-state index is -0.345. The van der Waals surface area contributed by atoms with Gasteiger partial charge < -0.3 is 9.31 Å². The van der Waals surface area contributed by atoms with Crippen LogP contribution >= 0.6 is 11.3 Å². The summed E-state index contributed by atoms with van der Waals surface area (Å²) >= 11 is 1.84. The molecule has 0 N–H and O–H groups in total. The minimum absolute atomic E-state index is 0.342. The fourth-order valence-corrected chi connectivity index (χ4v) is 5.20. The van der Waals surface area contributed by atoms with Gasteiger partial charge in [-0.25, -0.2) is 0 Å². The quantitative estimate of drug-likeness (QED) is 0.392. The van der Waals surface area contributed by atoms with E-state index < -0.39 is 0 Å². The maximum Gasteiger partial charge on any atom is 0.496 e. The molecule has 0 radical (unpaired) electrons. The molecule has 1 aliphatic rings. The Bertz CT molecular complexity index is 1160. The molecule has 0 saturated carbocycles. The highest BCUT2D eigenvalue weighted by Gasteiger charge is 2.52. The molecule has 1 aliphatic heterocycles. The number of fused-ring (bicyclic) bond motifs is 3. The molecule has 1 aromatic heterocycles. The van der Waals surface area contributed by atoms with Gasteiger partial charge in [0.15, 0.2) is 0 Å². The molecule has 140 valence electrons. The van der Waals surface area contributed by atoms with E-state index in [0.717, 1.165) is 5.46 Å². The summed E-state index contributed by atoms with van der Waals surface area (Å²) in [5.74, 6) is 0. The highest BCUT2D eigenvalue weighted by molar-refractivity contribution is 7.27. The van der Waals surface area contributed by atoms with Crippen LogP contribution in [0.15, 0.2) is 66.7 Å². The van der Waals surface area contributed by atoms with E-state index in [1.54, 1.807) is 0 Å². The number of rotatable bonds is 2. The predicted octanol–water partition coefficient (Wildman–Crippen LogP) is 6.02. The average Bonchev–Trinajstić information content (AvgIpc) is 3.16. The molecule has 0 bridgehead atoms. The smallest absolute Gasteiger partial charge is 0.399 e. The first kappa shape index (κ1) is 17.9. The molecular formula is C24H23BO2S. The standard InChI is InChI=1S/C24H23BO2S/c1-23(2)24(3,4)27-25(26-23)20-15-9-14-19-18-13-8-12-17(21(18)28-22(19)20)16-10-6-5-7-11-16/h5-15H,1-4H3. The Labute approximate surface area is 170 Å². The maximum absolute atomic E-state index is 6.35. The molecule has 2 heterocycles. The molecule has 0 amide bonds. The van der Waals surface area contributed by atoms with Crippen molar-refractivity contribution in [3.63, 3.8) is 0 Å². The first-order valence-electron chi connectivity index (χ1n) is 9.73. The van der Waals surface area contributed by atoms with Crippen LogP contribution in [0, 0.1) is 0 Å². The lowest BCUT2D eigenvalue weighted by molar-refractivity contribution is 0.00578. The van der Waals surface area contributed by atoms with Crippen molar-refractivity contribution in [1.29, 1.82) is 0 Å². The van der Waals surface area contributed by atoms with E-state index in [0.29, 0.717) is 0 Å². The number of hydrogen-bond donors (Lipinski definition) is 0. The molecule has 5 rings (SSSR count). The zero-order chi connectivity index (χ0) is 19.5. The van der Waals surface area contributed by atoms with E-state index >= 15 is 0 Å². The third-order valence-electron chi connectivity index (χ3n) is 6.15. The van der Waals surface area contributed by atoms with Crippen LogP contribution in [-0.2, 0) is 9.31 Å². The molecule has 0 spiro atoms. The third-order valence-corrected chi connectivity index (χ3v) is 7.45. The summed E-state index contributed by atoms with van der Waals surface area (Å²) in [7, 11) is -0.345. The van der Waals surface area contributed by atoms with Gasteiger partial charge >= 0.3 is 7.12 Å². The third kappa shape index (κ3) is 2.63. The SMILES string of the molecule is CC1(C)OB(c2cccc3c2sc2c(-c4ccccc4)cccc23)OC1(C)C. The Morgan fingerprint density at radius 3 is 1.96 bits per heavy atom. The fourth-order valence-electron chi connectivity index (χ4n) is 3.84. The van der Waals surface area contributed by atoms with Crippen LogP contribution in [0.5, 0.6) is 0 Å². The van der Waals surface area contributed by atoms with E-state index in [9.17, 15) is 0 Å². The molecule has 3 aromatic carbocycles. The molecule has 1 fully saturated rings. The first-order chi connectivity index (χ1) is 13.4. The van der Waals surface area contributed by atoms with Gasteiger partial charge in [0, 0.05) is 20.2 Å². The van der Waals surface area contributed by atoms with Crippen molar-refractivity contribution in [2.45, 2.75) is 38.9 Å². The van der Waals surface area contributed by atoms with Gasteiger partial charge in [0.1, 0.15) is 0 Å². The van der Waals surface area contributed by atoms with Crippen molar-refractivity contribution in [3.8, 4) is 11.1 Å². The van der Waals surface area contributed by atoms with Gasteiger partial charge in [0.2, 0.25) is 0 Å². The zero-order valence-corrected chi connectivity index (χ0v) is 17.5. The summed E-state index contributed by atoms with van der Waals surface area (Å²) in [6.45, 7) is 8.41. The van der Waals surface area contributed by atoms with Crippen molar-refractivity contribution in [1.82, 2.24) is 0 Å².